The lowest BCUT2D eigenvalue weighted by Gasteiger charge is -2.37. The molecule has 7 nitrogen and oxygen atoms in total. The molecule has 1 saturated heterocycles. The number of anilines is 1. The van der Waals surface area contributed by atoms with Gasteiger partial charge < -0.3 is 10.0 Å². The number of hydrogen-bond donors (Lipinski definition) is 1. The van der Waals surface area contributed by atoms with Gasteiger partial charge in [0.25, 0.3) is 5.56 Å². The summed E-state index contributed by atoms with van der Waals surface area (Å²) in [6.07, 6.45) is 0.747. The van der Waals surface area contributed by atoms with Gasteiger partial charge in [0.2, 0.25) is 10.1 Å². The average molecular weight is 323 g/mol. The summed E-state index contributed by atoms with van der Waals surface area (Å²) in [5.41, 5.74) is 0.693. The van der Waals surface area contributed by atoms with Crippen molar-refractivity contribution in [2.24, 2.45) is 0 Å². The molecule has 3 heterocycles. The summed E-state index contributed by atoms with van der Waals surface area (Å²) >= 11 is 1.46. The summed E-state index contributed by atoms with van der Waals surface area (Å²) in [5.74, 6) is 0. The fourth-order valence-corrected chi connectivity index (χ4v) is 3.60. The molecule has 0 spiro atoms. The van der Waals surface area contributed by atoms with E-state index in [9.17, 15) is 9.90 Å². The van der Waals surface area contributed by atoms with Crippen molar-refractivity contribution < 1.29 is 5.11 Å². The summed E-state index contributed by atoms with van der Waals surface area (Å²) in [6.45, 7) is 7.67. The van der Waals surface area contributed by atoms with Crippen LogP contribution in [0.4, 0.5) is 5.13 Å². The molecule has 0 saturated carbocycles. The van der Waals surface area contributed by atoms with Crippen LogP contribution >= 0.6 is 11.3 Å². The van der Waals surface area contributed by atoms with Crippen LogP contribution in [-0.2, 0) is 6.42 Å². The molecule has 120 valence electrons. The zero-order valence-electron chi connectivity index (χ0n) is 12.9. The van der Waals surface area contributed by atoms with Crippen LogP contribution in [0.3, 0.4) is 0 Å². The third-order valence-electron chi connectivity index (χ3n) is 4.12. The first-order valence-electron chi connectivity index (χ1n) is 7.62. The molecule has 1 aliphatic heterocycles. The van der Waals surface area contributed by atoms with Crippen molar-refractivity contribution >= 4 is 21.4 Å². The maximum Gasteiger partial charge on any atom is 0.275 e. The van der Waals surface area contributed by atoms with Gasteiger partial charge in [0.1, 0.15) is 0 Å². The predicted octanol–water partition coefficient (Wildman–Crippen LogP) is 0.216. The Morgan fingerprint density at radius 1 is 1.36 bits per heavy atom. The molecule has 0 radical (unpaired) electrons. The van der Waals surface area contributed by atoms with Gasteiger partial charge in [0, 0.05) is 44.0 Å². The maximum atomic E-state index is 12.0. The molecule has 0 bridgehead atoms. The second kappa shape index (κ2) is 6.31. The smallest absolute Gasteiger partial charge is 0.275 e. The molecular weight excluding hydrogens is 302 g/mol. The van der Waals surface area contributed by atoms with E-state index >= 15 is 0 Å². The van der Waals surface area contributed by atoms with E-state index in [1.54, 1.807) is 6.07 Å². The van der Waals surface area contributed by atoms with Gasteiger partial charge in [-0.05, 0) is 13.3 Å². The van der Waals surface area contributed by atoms with Gasteiger partial charge in [-0.15, -0.1) is 5.10 Å². The summed E-state index contributed by atoms with van der Waals surface area (Å²) in [6, 6.07) is 1.74. The Morgan fingerprint density at radius 2 is 2.09 bits per heavy atom. The highest BCUT2D eigenvalue weighted by molar-refractivity contribution is 7.20. The number of rotatable bonds is 4. The minimum atomic E-state index is -0.114. The average Bonchev–Trinajstić information content (AvgIpc) is 2.98. The van der Waals surface area contributed by atoms with Crippen molar-refractivity contribution in [3.05, 3.63) is 22.1 Å². The molecule has 1 fully saturated rings. The topological polar surface area (TPSA) is 74.0 Å². The number of fused-ring (bicyclic) bond motifs is 1. The zero-order valence-corrected chi connectivity index (χ0v) is 13.7. The van der Waals surface area contributed by atoms with Gasteiger partial charge in [-0.1, -0.05) is 18.3 Å². The van der Waals surface area contributed by atoms with Crippen LogP contribution in [0, 0.1) is 0 Å². The molecule has 0 amide bonds. The van der Waals surface area contributed by atoms with Crippen molar-refractivity contribution in [2.45, 2.75) is 26.3 Å². The third-order valence-corrected chi connectivity index (χ3v) is 5.09. The highest BCUT2D eigenvalue weighted by Gasteiger charge is 2.23. The lowest BCUT2D eigenvalue weighted by molar-refractivity contribution is 0.128. The van der Waals surface area contributed by atoms with Crippen LogP contribution in [0.5, 0.6) is 0 Å². The van der Waals surface area contributed by atoms with E-state index < -0.39 is 0 Å². The monoisotopic (exact) mass is 323 g/mol. The van der Waals surface area contributed by atoms with Crippen molar-refractivity contribution in [1.82, 2.24) is 19.5 Å². The molecule has 2 aromatic heterocycles. The van der Waals surface area contributed by atoms with E-state index in [-0.39, 0.29) is 18.2 Å². The molecule has 1 N–H and O–H groups in total. The number of aromatic nitrogens is 3. The molecule has 0 aromatic carbocycles. The first-order chi connectivity index (χ1) is 10.6. The number of nitrogens with zero attached hydrogens (tertiary/aromatic N) is 5. The Labute approximate surface area is 132 Å². The maximum absolute atomic E-state index is 12.0. The molecule has 1 unspecified atom stereocenters. The Balaban J connectivity index is 1.80. The zero-order chi connectivity index (χ0) is 15.7. The highest BCUT2D eigenvalue weighted by atomic mass is 32.1. The summed E-state index contributed by atoms with van der Waals surface area (Å²) < 4.78 is 1.39. The fourth-order valence-electron chi connectivity index (χ4n) is 2.62. The molecule has 1 aliphatic rings. The Morgan fingerprint density at radius 3 is 2.73 bits per heavy atom. The molecule has 0 aliphatic carbocycles. The van der Waals surface area contributed by atoms with E-state index in [1.807, 2.05) is 13.8 Å². The van der Waals surface area contributed by atoms with Crippen LogP contribution in [0.15, 0.2) is 10.9 Å². The fraction of sp³-hybridized carbons (Fsp3) is 0.643. The van der Waals surface area contributed by atoms with E-state index in [2.05, 4.69) is 19.9 Å². The summed E-state index contributed by atoms with van der Waals surface area (Å²) in [4.78, 5) is 21.6. The molecule has 1 atom stereocenters. The second-order valence-electron chi connectivity index (χ2n) is 5.57. The minimum absolute atomic E-state index is 0.114. The normalized spacial score (nSPS) is 18.0. The Bertz CT molecular complexity index is 705. The number of aryl methyl sites for hydroxylation is 1. The van der Waals surface area contributed by atoms with Crippen molar-refractivity contribution in [1.29, 1.82) is 0 Å². The van der Waals surface area contributed by atoms with Gasteiger partial charge in [-0.25, -0.2) is 4.98 Å². The first-order valence-corrected chi connectivity index (χ1v) is 8.43. The van der Waals surface area contributed by atoms with Crippen LogP contribution in [0.2, 0.25) is 0 Å². The highest BCUT2D eigenvalue weighted by Crippen LogP contribution is 2.23. The second-order valence-corrected chi connectivity index (χ2v) is 6.51. The number of hydrogen-bond acceptors (Lipinski definition) is 7. The molecular formula is C14H21N5O2S. The third kappa shape index (κ3) is 2.86. The van der Waals surface area contributed by atoms with Crippen molar-refractivity contribution in [3.8, 4) is 0 Å². The number of aliphatic hydroxyl groups is 1. The summed E-state index contributed by atoms with van der Waals surface area (Å²) in [5, 5.41) is 14.5. The van der Waals surface area contributed by atoms with Gasteiger partial charge in [0.05, 0.1) is 6.61 Å². The van der Waals surface area contributed by atoms with E-state index in [1.165, 1.54) is 15.9 Å². The lowest BCUT2D eigenvalue weighted by Crippen LogP contribution is -2.50. The van der Waals surface area contributed by atoms with E-state index in [0.717, 1.165) is 43.4 Å². The van der Waals surface area contributed by atoms with Crippen molar-refractivity contribution in [3.63, 3.8) is 0 Å². The lowest BCUT2D eigenvalue weighted by atomic mass is 10.2. The van der Waals surface area contributed by atoms with Crippen LogP contribution in [-0.4, -0.2) is 63.4 Å². The standard InChI is InChI=1S/C14H21N5O2S/c1-3-11-8-12(21)19-13(15-11)22-14(16-19)18-6-4-17(5-7-18)10(2)9-20/h8,10,20H,3-7,9H2,1-2H3. The largest absolute Gasteiger partial charge is 0.395 e. The van der Waals surface area contributed by atoms with Crippen LogP contribution < -0.4 is 10.5 Å². The molecule has 8 heteroatoms. The van der Waals surface area contributed by atoms with E-state index in [4.69, 9.17) is 0 Å². The number of aliphatic hydroxyl groups excluding tert-OH is 1. The molecule has 2 aromatic rings. The van der Waals surface area contributed by atoms with Gasteiger partial charge in [-0.2, -0.15) is 4.52 Å². The predicted molar refractivity (Wildman–Crippen MR) is 86.8 cm³/mol. The SMILES string of the molecule is CCc1cc(=O)n2nc(N3CCN(C(C)CO)CC3)sc2n1. The molecule has 22 heavy (non-hydrogen) atoms. The van der Waals surface area contributed by atoms with E-state index in [0.29, 0.717) is 4.96 Å². The van der Waals surface area contributed by atoms with Gasteiger partial charge in [-0.3, -0.25) is 9.69 Å². The minimum Gasteiger partial charge on any atom is -0.395 e. The van der Waals surface area contributed by atoms with Gasteiger partial charge >= 0.3 is 0 Å². The quantitative estimate of drug-likeness (QED) is 0.867. The Kier molecular flexibility index (Phi) is 4.42. The Hall–Kier alpha value is -1.51. The van der Waals surface area contributed by atoms with Gasteiger partial charge in [0.15, 0.2) is 0 Å². The first kappa shape index (κ1) is 15.4. The van der Waals surface area contributed by atoms with Crippen LogP contribution in [0.1, 0.15) is 19.5 Å². The number of piperazine rings is 1. The summed E-state index contributed by atoms with van der Waals surface area (Å²) in [7, 11) is 0. The van der Waals surface area contributed by atoms with Crippen molar-refractivity contribution in [2.75, 3.05) is 37.7 Å². The molecule has 3 rings (SSSR count). The van der Waals surface area contributed by atoms with Crippen LogP contribution in [0.25, 0.3) is 4.96 Å².